The maximum Gasteiger partial charge on any atom is 0.137 e. The molecule has 4 nitrogen and oxygen atoms in total. The van der Waals surface area contributed by atoms with E-state index in [1.54, 1.807) is 6.33 Å². The second kappa shape index (κ2) is 5.13. The average Bonchev–Trinajstić information content (AvgIpc) is 2.41. The number of hydrogen-bond donors (Lipinski definition) is 2. The van der Waals surface area contributed by atoms with Crippen LogP contribution in [-0.4, -0.2) is 27.2 Å². The van der Waals surface area contributed by atoms with Gasteiger partial charge in [0, 0.05) is 11.4 Å². The molecule has 0 unspecified atom stereocenters. The third kappa shape index (κ3) is 2.68. The van der Waals surface area contributed by atoms with Crippen LogP contribution in [0.2, 0.25) is 0 Å². The van der Waals surface area contributed by atoms with Gasteiger partial charge in [0.05, 0.1) is 11.6 Å². The molecule has 2 N–H and O–H groups in total. The number of aliphatic hydroxyl groups is 1. The molecule has 0 saturated heterocycles. The number of nitrogens with zero attached hydrogens (tertiary/aromatic N) is 2. The highest BCUT2D eigenvalue weighted by Gasteiger charge is 2.20. The van der Waals surface area contributed by atoms with E-state index >= 15 is 0 Å². The van der Waals surface area contributed by atoms with Gasteiger partial charge in [-0.05, 0) is 50.3 Å². The molecule has 2 aromatic rings. The van der Waals surface area contributed by atoms with Gasteiger partial charge in [0.1, 0.15) is 12.1 Å². The van der Waals surface area contributed by atoms with Crippen molar-refractivity contribution in [1.29, 1.82) is 0 Å². The smallest absolute Gasteiger partial charge is 0.137 e. The lowest BCUT2D eigenvalue weighted by molar-refractivity contribution is 0.126. The minimum Gasteiger partial charge on any atom is -0.393 e. The van der Waals surface area contributed by atoms with Gasteiger partial charge in [-0.25, -0.2) is 9.97 Å². The molecule has 0 atom stereocenters. The first kappa shape index (κ1) is 12.4. The fourth-order valence-electron chi connectivity index (χ4n) is 2.70. The zero-order chi connectivity index (χ0) is 13.2. The lowest BCUT2D eigenvalue weighted by Crippen LogP contribution is -2.28. The van der Waals surface area contributed by atoms with Crippen LogP contribution in [0, 0.1) is 6.92 Å². The van der Waals surface area contributed by atoms with E-state index in [0.29, 0.717) is 6.04 Å². The Labute approximate surface area is 112 Å². The average molecular weight is 257 g/mol. The molecule has 4 heteroatoms. The molecule has 1 aliphatic carbocycles. The van der Waals surface area contributed by atoms with Gasteiger partial charge in [-0.1, -0.05) is 6.07 Å². The first-order valence-electron chi connectivity index (χ1n) is 6.88. The quantitative estimate of drug-likeness (QED) is 0.868. The van der Waals surface area contributed by atoms with Gasteiger partial charge in [0.2, 0.25) is 0 Å². The molecule has 19 heavy (non-hydrogen) atoms. The molecule has 1 fully saturated rings. The van der Waals surface area contributed by atoms with E-state index in [2.05, 4.69) is 40.4 Å². The number of aliphatic hydroxyl groups excluding tert-OH is 1. The van der Waals surface area contributed by atoms with Gasteiger partial charge in [-0.3, -0.25) is 0 Å². The van der Waals surface area contributed by atoms with Crippen molar-refractivity contribution in [2.45, 2.75) is 44.8 Å². The van der Waals surface area contributed by atoms with Gasteiger partial charge >= 0.3 is 0 Å². The van der Waals surface area contributed by atoms with Crippen LogP contribution in [0.4, 0.5) is 5.82 Å². The number of aryl methyl sites for hydroxylation is 1. The molecule has 0 radical (unpaired) electrons. The second-order valence-corrected chi connectivity index (χ2v) is 5.39. The number of fused-ring (bicyclic) bond motifs is 1. The number of hydrogen-bond acceptors (Lipinski definition) is 4. The number of anilines is 1. The lowest BCUT2D eigenvalue weighted by atomic mass is 9.93. The first-order chi connectivity index (χ1) is 9.22. The fraction of sp³-hybridized carbons (Fsp3) is 0.467. The zero-order valence-electron chi connectivity index (χ0n) is 11.1. The van der Waals surface area contributed by atoms with Gasteiger partial charge in [0.25, 0.3) is 0 Å². The summed E-state index contributed by atoms with van der Waals surface area (Å²) in [7, 11) is 0. The molecular weight excluding hydrogens is 238 g/mol. The third-order valence-electron chi connectivity index (χ3n) is 3.83. The second-order valence-electron chi connectivity index (χ2n) is 5.39. The minimum absolute atomic E-state index is 0.122. The Morgan fingerprint density at radius 1 is 1.16 bits per heavy atom. The normalized spacial score (nSPS) is 23.5. The van der Waals surface area contributed by atoms with Crippen LogP contribution in [0.5, 0.6) is 0 Å². The van der Waals surface area contributed by atoms with Crippen molar-refractivity contribution in [2.75, 3.05) is 5.32 Å². The van der Waals surface area contributed by atoms with Crippen molar-refractivity contribution in [3.8, 4) is 0 Å². The highest BCUT2D eigenvalue weighted by atomic mass is 16.3. The van der Waals surface area contributed by atoms with Crippen LogP contribution >= 0.6 is 0 Å². The van der Waals surface area contributed by atoms with Crippen molar-refractivity contribution in [2.24, 2.45) is 0 Å². The number of aromatic nitrogens is 2. The van der Waals surface area contributed by atoms with Crippen molar-refractivity contribution in [1.82, 2.24) is 9.97 Å². The minimum atomic E-state index is -0.122. The lowest BCUT2D eigenvalue weighted by Gasteiger charge is -2.26. The Hall–Kier alpha value is -1.68. The Morgan fingerprint density at radius 3 is 2.74 bits per heavy atom. The Balaban J connectivity index is 1.84. The summed E-state index contributed by atoms with van der Waals surface area (Å²) in [4.78, 5) is 8.68. The van der Waals surface area contributed by atoms with Gasteiger partial charge in [-0.2, -0.15) is 0 Å². The van der Waals surface area contributed by atoms with Gasteiger partial charge in [0.15, 0.2) is 0 Å². The van der Waals surface area contributed by atoms with E-state index in [1.807, 2.05) is 0 Å². The Kier molecular flexibility index (Phi) is 3.34. The van der Waals surface area contributed by atoms with Crippen LogP contribution < -0.4 is 5.32 Å². The monoisotopic (exact) mass is 257 g/mol. The topological polar surface area (TPSA) is 58.0 Å². The molecule has 1 saturated carbocycles. The maximum atomic E-state index is 9.54. The molecule has 0 aliphatic heterocycles. The summed E-state index contributed by atoms with van der Waals surface area (Å²) in [5.41, 5.74) is 2.19. The summed E-state index contributed by atoms with van der Waals surface area (Å²) in [5.74, 6) is 0.909. The van der Waals surface area contributed by atoms with Gasteiger partial charge < -0.3 is 10.4 Å². The summed E-state index contributed by atoms with van der Waals surface area (Å²) in [6.07, 6.45) is 5.24. The standard InChI is InChI=1S/C15H19N3O/c1-10-2-7-13-14(8-10)16-9-17-15(13)18-11-3-5-12(19)6-4-11/h2,7-9,11-12,19H,3-6H2,1H3,(H,16,17,18). The molecule has 1 aromatic carbocycles. The van der Waals surface area contributed by atoms with Crippen molar-refractivity contribution < 1.29 is 5.11 Å². The van der Waals surface area contributed by atoms with Crippen molar-refractivity contribution >= 4 is 16.7 Å². The van der Waals surface area contributed by atoms with E-state index in [0.717, 1.165) is 42.4 Å². The highest BCUT2D eigenvalue weighted by molar-refractivity contribution is 5.89. The SMILES string of the molecule is Cc1ccc2c(NC3CCC(O)CC3)ncnc2c1. The zero-order valence-corrected chi connectivity index (χ0v) is 11.1. The summed E-state index contributed by atoms with van der Waals surface area (Å²) in [6.45, 7) is 2.07. The van der Waals surface area contributed by atoms with E-state index in [-0.39, 0.29) is 6.10 Å². The van der Waals surface area contributed by atoms with Crippen LogP contribution in [0.1, 0.15) is 31.2 Å². The first-order valence-corrected chi connectivity index (χ1v) is 6.88. The number of rotatable bonds is 2. The van der Waals surface area contributed by atoms with Crippen LogP contribution in [-0.2, 0) is 0 Å². The maximum absolute atomic E-state index is 9.54. The summed E-state index contributed by atoms with van der Waals surface area (Å²) in [5, 5.41) is 14.1. The predicted molar refractivity (Wildman–Crippen MR) is 76.2 cm³/mol. The van der Waals surface area contributed by atoms with Crippen LogP contribution in [0.25, 0.3) is 10.9 Å². The fourth-order valence-corrected chi connectivity index (χ4v) is 2.70. The van der Waals surface area contributed by atoms with E-state index in [1.165, 1.54) is 5.56 Å². The summed E-state index contributed by atoms with van der Waals surface area (Å²) >= 11 is 0. The summed E-state index contributed by atoms with van der Waals surface area (Å²) < 4.78 is 0. The molecule has 100 valence electrons. The molecule has 0 spiro atoms. The van der Waals surface area contributed by atoms with E-state index in [9.17, 15) is 5.11 Å². The molecule has 1 heterocycles. The Bertz CT molecular complexity index is 577. The van der Waals surface area contributed by atoms with E-state index < -0.39 is 0 Å². The van der Waals surface area contributed by atoms with Crippen molar-refractivity contribution in [3.63, 3.8) is 0 Å². The van der Waals surface area contributed by atoms with Gasteiger partial charge in [-0.15, -0.1) is 0 Å². The third-order valence-corrected chi connectivity index (χ3v) is 3.83. The molecule has 1 aliphatic rings. The van der Waals surface area contributed by atoms with Crippen LogP contribution in [0.15, 0.2) is 24.5 Å². The molecule has 0 bridgehead atoms. The highest BCUT2D eigenvalue weighted by Crippen LogP contribution is 2.25. The van der Waals surface area contributed by atoms with Crippen LogP contribution in [0.3, 0.4) is 0 Å². The molecule has 0 amide bonds. The molecular formula is C15H19N3O. The van der Waals surface area contributed by atoms with Crippen molar-refractivity contribution in [3.05, 3.63) is 30.1 Å². The number of nitrogens with one attached hydrogen (secondary N) is 1. The molecule has 1 aromatic heterocycles. The summed E-state index contributed by atoms with van der Waals surface area (Å²) in [6, 6.07) is 6.64. The number of benzene rings is 1. The molecule has 3 rings (SSSR count). The largest absolute Gasteiger partial charge is 0.393 e. The van der Waals surface area contributed by atoms with E-state index in [4.69, 9.17) is 0 Å². The predicted octanol–water partition coefficient (Wildman–Crippen LogP) is 2.65. The Morgan fingerprint density at radius 2 is 1.95 bits per heavy atom.